The summed E-state index contributed by atoms with van der Waals surface area (Å²) in [6.07, 6.45) is 0.894. The number of rotatable bonds is 3. The SMILES string of the molecule is Cc1cc(NC(=O)N2CC(Cc3ccccc3Cl)C2)on1. The third kappa shape index (κ3) is 3.19. The molecule has 2 aromatic rings. The van der Waals surface area contributed by atoms with Crippen LogP contribution >= 0.6 is 11.6 Å². The van der Waals surface area contributed by atoms with Crippen molar-refractivity contribution in [2.24, 2.45) is 5.92 Å². The molecule has 2 heterocycles. The third-order valence-corrected chi connectivity index (χ3v) is 3.94. The lowest BCUT2D eigenvalue weighted by Gasteiger charge is -2.39. The Morgan fingerprint density at radius 1 is 1.48 bits per heavy atom. The molecule has 0 radical (unpaired) electrons. The molecular formula is C15H16ClN3O2. The minimum Gasteiger partial charge on any atom is -0.338 e. The van der Waals surface area contributed by atoms with Gasteiger partial charge in [-0.05, 0) is 30.9 Å². The lowest BCUT2D eigenvalue weighted by molar-refractivity contribution is 0.130. The van der Waals surface area contributed by atoms with E-state index in [0.717, 1.165) is 35.8 Å². The summed E-state index contributed by atoms with van der Waals surface area (Å²) in [7, 11) is 0. The minimum absolute atomic E-state index is 0.151. The van der Waals surface area contributed by atoms with E-state index in [2.05, 4.69) is 10.5 Å². The van der Waals surface area contributed by atoms with E-state index in [1.165, 1.54) is 0 Å². The fourth-order valence-corrected chi connectivity index (χ4v) is 2.66. The van der Waals surface area contributed by atoms with Crippen LogP contribution in [0.5, 0.6) is 0 Å². The Bertz CT molecular complexity index is 650. The van der Waals surface area contributed by atoms with Crippen molar-refractivity contribution in [1.29, 1.82) is 0 Å². The molecular weight excluding hydrogens is 290 g/mol. The van der Waals surface area contributed by atoms with Crippen LogP contribution in [-0.4, -0.2) is 29.2 Å². The normalized spacial score (nSPS) is 14.9. The standard InChI is InChI=1S/C15H16ClN3O2/c1-10-6-14(21-18-10)17-15(20)19-8-11(9-19)7-12-4-2-3-5-13(12)16/h2-6,11H,7-9H2,1H3,(H,17,20). The van der Waals surface area contributed by atoms with Gasteiger partial charge in [-0.25, -0.2) is 4.79 Å². The van der Waals surface area contributed by atoms with Crippen molar-refractivity contribution in [3.63, 3.8) is 0 Å². The molecule has 2 amide bonds. The Balaban J connectivity index is 1.49. The lowest BCUT2D eigenvalue weighted by atomic mass is 9.92. The maximum Gasteiger partial charge on any atom is 0.324 e. The number of amides is 2. The molecule has 110 valence electrons. The Kier molecular flexibility index (Phi) is 3.84. The Hall–Kier alpha value is -2.01. The maximum absolute atomic E-state index is 12.0. The Morgan fingerprint density at radius 3 is 2.90 bits per heavy atom. The van der Waals surface area contributed by atoms with Crippen LogP contribution in [-0.2, 0) is 6.42 Å². The highest BCUT2D eigenvalue weighted by atomic mass is 35.5. The van der Waals surface area contributed by atoms with Crippen molar-refractivity contribution in [2.75, 3.05) is 18.4 Å². The first-order valence-corrected chi connectivity index (χ1v) is 7.22. The summed E-state index contributed by atoms with van der Waals surface area (Å²) in [6.45, 7) is 3.26. The number of benzene rings is 1. The number of carbonyl (C=O) groups excluding carboxylic acids is 1. The molecule has 1 aliphatic rings. The number of halogens is 1. The minimum atomic E-state index is -0.151. The highest BCUT2D eigenvalue weighted by Gasteiger charge is 2.31. The summed E-state index contributed by atoms with van der Waals surface area (Å²) in [5, 5.41) is 7.21. The lowest BCUT2D eigenvalue weighted by Crippen LogP contribution is -2.52. The molecule has 21 heavy (non-hydrogen) atoms. The van der Waals surface area contributed by atoms with Crippen molar-refractivity contribution in [3.05, 3.63) is 46.6 Å². The van der Waals surface area contributed by atoms with Crippen LogP contribution in [0.25, 0.3) is 0 Å². The van der Waals surface area contributed by atoms with Crippen LogP contribution in [0.4, 0.5) is 10.7 Å². The number of carbonyl (C=O) groups is 1. The van der Waals surface area contributed by atoms with Crippen molar-refractivity contribution in [3.8, 4) is 0 Å². The smallest absolute Gasteiger partial charge is 0.324 e. The molecule has 0 unspecified atom stereocenters. The number of nitrogens with zero attached hydrogens (tertiary/aromatic N) is 2. The number of hydrogen-bond acceptors (Lipinski definition) is 3. The van der Waals surface area contributed by atoms with E-state index in [-0.39, 0.29) is 6.03 Å². The fourth-order valence-electron chi connectivity index (χ4n) is 2.45. The topological polar surface area (TPSA) is 58.4 Å². The van der Waals surface area contributed by atoms with E-state index in [1.807, 2.05) is 31.2 Å². The van der Waals surface area contributed by atoms with Crippen LogP contribution in [0, 0.1) is 12.8 Å². The van der Waals surface area contributed by atoms with E-state index < -0.39 is 0 Å². The summed E-state index contributed by atoms with van der Waals surface area (Å²) >= 11 is 6.15. The highest BCUT2D eigenvalue weighted by Crippen LogP contribution is 2.25. The molecule has 6 heteroatoms. The van der Waals surface area contributed by atoms with Crippen LogP contribution in [0.15, 0.2) is 34.9 Å². The van der Waals surface area contributed by atoms with E-state index in [0.29, 0.717) is 11.8 Å². The van der Waals surface area contributed by atoms with Gasteiger partial charge in [0.2, 0.25) is 5.88 Å². The molecule has 0 spiro atoms. The number of aryl methyl sites for hydroxylation is 1. The van der Waals surface area contributed by atoms with E-state index in [1.54, 1.807) is 11.0 Å². The van der Waals surface area contributed by atoms with E-state index in [4.69, 9.17) is 16.1 Å². The Morgan fingerprint density at radius 2 is 2.24 bits per heavy atom. The van der Waals surface area contributed by atoms with Gasteiger partial charge in [-0.2, -0.15) is 0 Å². The molecule has 1 N–H and O–H groups in total. The maximum atomic E-state index is 12.0. The van der Waals surface area contributed by atoms with Crippen molar-refractivity contribution < 1.29 is 9.32 Å². The van der Waals surface area contributed by atoms with Crippen LogP contribution in [0.2, 0.25) is 5.02 Å². The first-order valence-electron chi connectivity index (χ1n) is 6.84. The summed E-state index contributed by atoms with van der Waals surface area (Å²) in [5.74, 6) is 0.833. The van der Waals surface area contributed by atoms with Crippen molar-refractivity contribution in [1.82, 2.24) is 10.1 Å². The second-order valence-electron chi connectivity index (χ2n) is 5.33. The van der Waals surface area contributed by atoms with Gasteiger partial charge in [-0.15, -0.1) is 0 Å². The zero-order valence-electron chi connectivity index (χ0n) is 11.7. The average Bonchev–Trinajstić information content (AvgIpc) is 2.80. The van der Waals surface area contributed by atoms with Gasteiger partial charge in [0.25, 0.3) is 0 Å². The summed E-state index contributed by atoms with van der Waals surface area (Å²) in [4.78, 5) is 13.7. The van der Waals surface area contributed by atoms with Gasteiger partial charge in [-0.3, -0.25) is 5.32 Å². The fraction of sp³-hybridized carbons (Fsp3) is 0.333. The van der Waals surface area contributed by atoms with Gasteiger partial charge in [0.1, 0.15) is 0 Å². The largest absolute Gasteiger partial charge is 0.338 e. The van der Waals surface area contributed by atoms with Crippen LogP contribution < -0.4 is 5.32 Å². The predicted octanol–water partition coefficient (Wildman–Crippen LogP) is 3.34. The number of likely N-dealkylation sites (tertiary alicyclic amines) is 1. The molecule has 0 bridgehead atoms. The Labute approximate surface area is 127 Å². The highest BCUT2D eigenvalue weighted by molar-refractivity contribution is 6.31. The zero-order chi connectivity index (χ0) is 14.8. The molecule has 0 saturated carbocycles. The number of aromatic nitrogens is 1. The molecule has 1 fully saturated rings. The van der Waals surface area contributed by atoms with Gasteiger partial charge in [0.15, 0.2) is 0 Å². The second-order valence-corrected chi connectivity index (χ2v) is 5.74. The molecule has 1 saturated heterocycles. The third-order valence-electron chi connectivity index (χ3n) is 3.57. The number of anilines is 1. The van der Waals surface area contributed by atoms with E-state index in [9.17, 15) is 4.79 Å². The summed E-state index contributed by atoms with van der Waals surface area (Å²) in [5.41, 5.74) is 1.88. The molecule has 1 aliphatic heterocycles. The molecule has 5 nitrogen and oxygen atoms in total. The van der Waals surface area contributed by atoms with Gasteiger partial charge >= 0.3 is 6.03 Å². The zero-order valence-corrected chi connectivity index (χ0v) is 12.4. The molecule has 1 aromatic heterocycles. The van der Waals surface area contributed by atoms with Gasteiger partial charge < -0.3 is 9.42 Å². The van der Waals surface area contributed by atoms with Crippen molar-refractivity contribution >= 4 is 23.5 Å². The van der Waals surface area contributed by atoms with E-state index >= 15 is 0 Å². The first kappa shape index (κ1) is 13.9. The number of hydrogen-bond donors (Lipinski definition) is 1. The molecule has 0 atom stereocenters. The second kappa shape index (κ2) is 5.77. The van der Waals surface area contributed by atoms with Crippen LogP contribution in [0.1, 0.15) is 11.3 Å². The van der Waals surface area contributed by atoms with Crippen LogP contribution in [0.3, 0.4) is 0 Å². The predicted molar refractivity (Wildman–Crippen MR) is 80.5 cm³/mol. The number of nitrogens with one attached hydrogen (secondary N) is 1. The summed E-state index contributed by atoms with van der Waals surface area (Å²) in [6, 6.07) is 9.37. The number of urea groups is 1. The first-order chi connectivity index (χ1) is 10.1. The molecule has 1 aromatic carbocycles. The molecule has 3 rings (SSSR count). The quantitative estimate of drug-likeness (QED) is 0.946. The van der Waals surface area contributed by atoms with Gasteiger partial charge in [0, 0.05) is 24.2 Å². The van der Waals surface area contributed by atoms with Gasteiger partial charge in [0.05, 0.1) is 5.69 Å². The monoisotopic (exact) mass is 305 g/mol. The molecule has 0 aliphatic carbocycles. The van der Waals surface area contributed by atoms with Gasteiger partial charge in [-0.1, -0.05) is 35.0 Å². The van der Waals surface area contributed by atoms with Crippen molar-refractivity contribution in [2.45, 2.75) is 13.3 Å². The summed E-state index contributed by atoms with van der Waals surface area (Å²) < 4.78 is 4.97. The average molecular weight is 306 g/mol.